The van der Waals surface area contributed by atoms with Gasteiger partial charge in [-0.05, 0) is 61.6 Å². The molecule has 2 aromatic rings. The number of carbonyl (C=O) groups excluding carboxylic acids is 1. The SMILES string of the molecule is CC(C)Oc1ccc(C2=NCC(c3cccc4c3CCC4NCC(=O)N(C)C)S2)cc1C#N. The Morgan fingerprint density at radius 1 is 1.30 bits per heavy atom. The first-order valence-corrected chi connectivity index (χ1v) is 12.2. The largest absolute Gasteiger partial charge is 0.490 e. The zero-order chi connectivity index (χ0) is 23.5. The molecule has 0 saturated heterocycles. The molecular formula is C26H30N4O2S. The highest BCUT2D eigenvalue weighted by atomic mass is 32.2. The number of hydrogen-bond acceptors (Lipinski definition) is 6. The average molecular weight is 463 g/mol. The van der Waals surface area contributed by atoms with Gasteiger partial charge in [0.15, 0.2) is 0 Å². The number of nitrogens with zero attached hydrogens (tertiary/aromatic N) is 3. The van der Waals surface area contributed by atoms with Crippen LogP contribution in [0.5, 0.6) is 5.75 Å². The summed E-state index contributed by atoms with van der Waals surface area (Å²) in [6.45, 7) is 4.98. The van der Waals surface area contributed by atoms with Gasteiger partial charge in [-0.2, -0.15) is 5.26 Å². The molecule has 172 valence electrons. The average Bonchev–Trinajstić information content (AvgIpc) is 3.44. The van der Waals surface area contributed by atoms with Gasteiger partial charge in [-0.1, -0.05) is 30.0 Å². The van der Waals surface area contributed by atoms with Crippen molar-refractivity contribution in [2.45, 2.75) is 44.1 Å². The standard InChI is InChI=1S/C26H30N4O2S/c1-16(2)32-23-11-8-17(12-18(23)13-27)26-29-14-24(33-26)21-7-5-6-20-19(21)9-10-22(20)28-15-25(31)30(3)4/h5-8,11-12,16,22,24,28H,9-10,14-15H2,1-4H3. The maximum Gasteiger partial charge on any atom is 0.236 e. The first-order valence-electron chi connectivity index (χ1n) is 11.3. The Kier molecular flexibility index (Phi) is 7.06. The topological polar surface area (TPSA) is 77.7 Å². The van der Waals surface area contributed by atoms with Crippen molar-refractivity contribution < 1.29 is 9.53 Å². The van der Waals surface area contributed by atoms with Crippen LogP contribution in [0.1, 0.15) is 59.4 Å². The molecule has 6 nitrogen and oxygen atoms in total. The molecule has 1 aliphatic heterocycles. The second-order valence-corrected chi connectivity index (χ2v) is 10.1. The number of likely N-dealkylation sites (N-methyl/N-ethyl adjacent to an activating group) is 1. The summed E-state index contributed by atoms with van der Waals surface area (Å²) >= 11 is 1.76. The number of aliphatic imine (C=N–C) groups is 1. The fourth-order valence-electron chi connectivity index (χ4n) is 4.37. The summed E-state index contributed by atoms with van der Waals surface area (Å²) in [7, 11) is 3.56. The van der Waals surface area contributed by atoms with Gasteiger partial charge < -0.3 is 15.0 Å². The monoisotopic (exact) mass is 462 g/mol. The quantitative estimate of drug-likeness (QED) is 0.666. The third kappa shape index (κ3) is 5.07. The molecule has 2 aliphatic rings. The van der Waals surface area contributed by atoms with Crippen LogP contribution in [0.2, 0.25) is 0 Å². The second-order valence-electron chi connectivity index (χ2n) is 8.92. The molecular weight excluding hydrogens is 432 g/mol. The van der Waals surface area contributed by atoms with E-state index in [2.05, 4.69) is 29.6 Å². The van der Waals surface area contributed by atoms with Gasteiger partial charge in [0.25, 0.3) is 0 Å². The lowest BCUT2D eigenvalue weighted by Gasteiger charge is -2.18. The molecule has 2 aromatic carbocycles. The van der Waals surface area contributed by atoms with E-state index in [1.54, 1.807) is 30.8 Å². The summed E-state index contributed by atoms with van der Waals surface area (Å²) < 4.78 is 5.75. The zero-order valence-electron chi connectivity index (χ0n) is 19.6. The van der Waals surface area contributed by atoms with Crippen LogP contribution in [-0.4, -0.2) is 49.1 Å². The highest BCUT2D eigenvalue weighted by Crippen LogP contribution is 2.43. The maximum absolute atomic E-state index is 12.0. The van der Waals surface area contributed by atoms with Crippen molar-refractivity contribution in [3.05, 3.63) is 64.2 Å². The molecule has 7 heteroatoms. The predicted molar refractivity (Wildman–Crippen MR) is 133 cm³/mol. The molecule has 2 atom stereocenters. The highest BCUT2D eigenvalue weighted by molar-refractivity contribution is 8.14. The second kappa shape index (κ2) is 9.98. The van der Waals surface area contributed by atoms with Crippen LogP contribution >= 0.6 is 11.8 Å². The number of thioether (sulfide) groups is 1. The molecule has 0 aromatic heterocycles. The fraction of sp³-hybridized carbons (Fsp3) is 0.423. The summed E-state index contributed by atoms with van der Waals surface area (Å²) in [5, 5.41) is 14.2. The number of rotatable bonds is 7. The van der Waals surface area contributed by atoms with Crippen LogP contribution in [0.25, 0.3) is 0 Å². The lowest BCUT2D eigenvalue weighted by atomic mass is 9.99. The summed E-state index contributed by atoms with van der Waals surface area (Å²) in [5.74, 6) is 0.703. The Balaban J connectivity index is 1.48. The van der Waals surface area contributed by atoms with Crippen LogP contribution < -0.4 is 10.1 Å². The fourth-order valence-corrected chi connectivity index (χ4v) is 5.55. The minimum Gasteiger partial charge on any atom is -0.490 e. The smallest absolute Gasteiger partial charge is 0.236 e. The third-order valence-corrected chi connectivity index (χ3v) is 7.29. The minimum atomic E-state index is 0.0185. The molecule has 0 fully saturated rings. The van der Waals surface area contributed by atoms with Gasteiger partial charge in [-0.25, -0.2) is 0 Å². The number of carbonyl (C=O) groups is 1. The van der Waals surface area contributed by atoms with Crippen molar-refractivity contribution in [3.8, 4) is 11.8 Å². The highest BCUT2D eigenvalue weighted by Gasteiger charge is 2.30. The van der Waals surface area contributed by atoms with Crippen LogP contribution in [0.4, 0.5) is 0 Å². The molecule has 1 heterocycles. The predicted octanol–water partition coefficient (Wildman–Crippen LogP) is 4.25. The molecule has 4 rings (SSSR count). The van der Waals surface area contributed by atoms with Gasteiger partial charge in [0.05, 0.1) is 35.1 Å². The molecule has 33 heavy (non-hydrogen) atoms. The molecule has 0 saturated carbocycles. The minimum absolute atomic E-state index is 0.0185. The van der Waals surface area contributed by atoms with E-state index in [4.69, 9.17) is 9.73 Å². The Hall–Kier alpha value is -2.82. The Bertz CT molecular complexity index is 1120. The van der Waals surface area contributed by atoms with E-state index < -0.39 is 0 Å². The maximum atomic E-state index is 12.0. The summed E-state index contributed by atoms with van der Waals surface area (Å²) in [6, 6.07) is 14.7. The van der Waals surface area contributed by atoms with E-state index in [-0.39, 0.29) is 23.3 Å². The van der Waals surface area contributed by atoms with Crippen LogP contribution in [0.3, 0.4) is 0 Å². The number of ether oxygens (including phenoxy) is 1. The molecule has 0 radical (unpaired) electrons. The number of benzene rings is 2. The molecule has 1 N–H and O–H groups in total. The summed E-state index contributed by atoms with van der Waals surface area (Å²) in [5.41, 5.74) is 5.52. The molecule has 0 spiro atoms. The summed E-state index contributed by atoms with van der Waals surface area (Å²) in [6.07, 6.45) is 2.03. The van der Waals surface area contributed by atoms with Crippen LogP contribution in [0.15, 0.2) is 41.4 Å². The lowest BCUT2D eigenvalue weighted by molar-refractivity contribution is -0.127. The van der Waals surface area contributed by atoms with Crippen molar-refractivity contribution in [3.63, 3.8) is 0 Å². The van der Waals surface area contributed by atoms with Crippen LogP contribution in [0, 0.1) is 11.3 Å². The third-order valence-electron chi connectivity index (χ3n) is 6.02. The van der Waals surface area contributed by atoms with E-state index in [0.717, 1.165) is 30.0 Å². The van der Waals surface area contributed by atoms with E-state index in [0.29, 0.717) is 17.9 Å². The molecule has 2 unspecified atom stereocenters. The van der Waals surface area contributed by atoms with Crippen molar-refractivity contribution in [2.75, 3.05) is 27.2 Å². The lowest BCUT2D eigenvalue weighted by Crippen LogP contribution is -2.34. The molecule has 0 bridgehead atoms. The first kappa shape index (κ1) is 23.3. The van der Waals surface area contributed by atoms with Gasteiger partial charge in [0.2, 0.25) is 5.91 Å². The van der Waals surface area contributed by atoms with Crippen molar-refractivity contribution in [1.82, 2.24) is 10.2 Å². The van der Waals surface area contributed by atoms with Gasteiger partial charge in [-0.3, -0.25) is 9.79 Å². The molecule has 1 aliphatic carbocycles. The Morgan fingerprint density at radius 3 is 2.82 bits per heavy atom. The summed E-state index contributed by atoms with van der Waals surface area (Å²) in [4.78, 5) is 18.4. The number of nitriles is 1. The zero-order valence-corrected chi connectivity index (χ0v) is 20.4. The number of nitrogens with one attached hydrogen (secondary N) is 1. The van der Waals surface area contributed by atoms with Crippen molar-refractivity contribution in [1.29, 1.82) is 5.26 Å². The Labute approximate surface area is 200 Å². The van der Waals surface area contributed by atoms with Gasteiger partial charge >= 0.3 is 0 Å². The molecule has 1 amide bonds. The van der Waals surface area contributed by atoms with Gasteiger partial charge in [-0.15, -0.1) is 0 Å². The number of amides is 1. The first-order chi connectivity index (χ1) is 15.9. The van der Waals surface area contributed by atoms with Gasteiger partial charge in [0.1, 0.15) is 11.8 Å². The number of hydrogen-bond donors (Lipinski definition) is 1. The Morgan fingerprint density at radius 2 is 2.09 bits per heavy atom. The van der Waals surface area contributed by atoms with Crippen molar-refractivity contribution >= 4 is 22.7 Å². The van der Waals surface area contributed by atoms with Crippen molar-refractivity contribution in [2.24, 2.45) is 4.99 Å². The van der Waals surface area contributed by atoms with E-state index in [1.807, 2.05) is 32.0 Å². The van der Waals surface area contributed by atoms with E-state index >= 15 is 0 Å². The normalized spacial score (nSPS) is 19.2. The van der Waals surface area contributed by atoms with E-state index in [1.165, 1.54) is 16.7 Å². The van der Waals surface area contributed by atoms with E-state index in [9.17, 15) is 10.1 Å². The number of fused-ring (bicyclic) bond motifs is 1. The van der Waals surface area contributed by atoms with Crippen LogP contribution in [-0.2, 0) is 11.2 Å². The van der Waals surface area contributed by atoms with Gasteiger partial charge in [0, 0.05) is 25.7 Å².